The van der Waals surface area contributed by atoms with Gasteiger partial charge in [0, 0.05) is 12.1 Å². The SMILES string of the molecule is CCCCNC(=O)/C(C#N)=C\c1cccc(F)c1F. The predicted octanol–water partition coefficient (Wildman–Crippen LogP) is 2.79. The van der Waals surface area contributed by atoms with Gasteiger partial charge in [-0.3, -0.25) is 4.79 Å². The minimum absolute atomic E-state index is 0.123. The van der Waals surface area contributed by atoms with Crippen molar-refractivity contribution < 1.29 is 13.6 Å². The summed E-state index contributed by atoms with van der Waals surface area (Å²) in [5.41, 5.74) is -0.372. The average Bonchev–Trinajstić information content (AvgIpc) is 2.40. The molecule has 0 unspecified atom stereocenters. The van der Waals surface area contributed by atoms with Crippen molar-refractivity contribution in [2.24, 2.45) is 0 Å². The van der Waals surface area contributed by atoms with E-state index in [1.54, 1.807) is 6.07 Å². The van der Waals surface area contributed by atoms with Gasteiger partial charge in [0.05, 0.1) is 0 Å². The van der Waals surface area contributed by atoms with Crippen LogP contribution in [0.4, 0.5) is 8.78 Å². The zero-order chi connectivity index (χ0) is 14.3. The van der Waals surface area contributed by atoms with Crippen molar-refractivity contribution in [1.29, 1.82) is 5.26 Å². The van der Waals surface area contributed by atoms with Crippen LogP contribution >= 0.6 is 0 Å². The molecule has 0 spiro atoms. The Morgan fingerprint density at radius 3 is 2.84 bits per heavy atom. The molecule has 0 radical (unpaired) electrons. The molecule has 0 bridgehead atoms. The van der Waals surface area contributed by atoms with Gasteiger partial charge in [0.25, 0.3) is 5.91 Å². The van der Waals surface area contributed by atoms with Crippen LogP contribution < -0.4 is 5.32 Å². The van der Waals surface area contributed by atoms with Gasteiger partial charge in [-0.25, -0.2) is 8.78 Å². The lowest BCUT2D eigenvalue weighted by Gasteiger charge is -2.03. The van der Waals surface area contributed by atoms with Crippen LogP contribution in [0.2, 0.25) is 0 Å². The molecule has 0 fully saturated rings. The molecule has 1 amide bonds. The lowest BCUT2D eigenvalue weighted by Crippen LogP contribution is -2.25. The highest BCUT2D eigenvalue weighted by atomic mass is 19.2. The summed E-state index contributed by atoms with van der Waals surface area (Å²) in [7, 11) is 0. The molecule has 5 heteroatoms. The van der Waals surface area contributed by atoms with Crippen LogP contribution in [0.1, 0.15) is 25.3 Å². The maximum atomic E-state index is 13.4. The molecule has 0 aliphatic carbocycles. The van der Waals surface area contributed by atoms with Crippen LogP contribution in [-0.2, 0) is 4.79 Å². The molecule has 1 aromatic rings. The van der Waals surface area contributed by atoms with Crippen molar-refractivity contribution >= 4 is 12.0 Å². The minimum Gasteiger partial charge on any atom is -0.351 e. The fourth-order valence-electron chi connectivity index (χ4n) is 1.41. The Kier molecular flexibility index (Phi) is 5.68. The second-order valence-corrected chi connectivity index (χ2v) is 3.92. The van der Waals surface area contributed by atoms with Gasteiger partial charge in [-0.05, 0) is 18.6 Å². The number of nitrogens with one attached hydrogen (secondary N) is 1. The molecule has 100 valence electrons. The first-order valence-corrected chi connectivity index (χ1v) is 5.94. The molecular weight excluding hydrogens is 250 g/mol. The number of nitriles is 1. The Hall–Kier alpha value is -2.22. The second kappa shape index (κ2) is 7.27. The van der Waals surface area contributed by atoms with E-state index in [0.717, 1.165) is 25.0 Å². The molecule has 0 aliphatic heterocycles. The quantitative estimate of drug-likeness (QED) is 0.505. The minimum atomic E-state index is -1.07. The van der Waals surface area contributed by atoms with E-state index in [2.05, 4.69) is 5.32 Å². The Labute approximate surface area is 110 Å². The molecule has 1 rings (SSSR count). The summed E-state index contributed by atoms with van der Waals surface area (Å²) in [4.78, 5) is 11.6. The third-order valence-corrected chi connectivity index (χ3v) is 2.46. The molecule has 0 aliphatic rings. The molecule has 0 aromatic heterocycles. The van der Waals surface area contributed by atoms with Crippen molar-refractivity contribution in [3.05, 3.63) is 41.0 Å². The monoisotopic (exact) mass is 264 g/mol. The van der Waals surface area contributed by atoms with Crippen LogP contribution in [0.5, 0.6) is 0 Å². The standard InChI is InChI=1S/C14H14F2N2O/c1-2-3-7-18-14(19)11(9-17)8-10-5-4-6-12(15)13(10)16/h4-6,8H,2-3,7H2,1H3,(H,18,19)/b11-8-. The number of benzene rings is 1. The summed E-state index contributed by atoms with van der Waals surface area (Å²) in [6.07, 6.45) is 2.74. The van der Waals surface area contributed by atoms with Gasteiger partial charge >= 0.3 is 0 Å². The second-order valence-electron chi connectivity index (χ2n) is 3.92. The lowest BCUT2D eigenvalue weighted by molar-refractivity contribution is -0.117. The first-order valence-electron chi connectivity index (χ1n) is 5.94. The molecule has 19 heavy (non-hydrogen) atoms. The zero-order valence-electron chi connectivity index (χ0n) is 10.5. The Bertz CT molecular complexity index is 533. The summed E-state index contributed by atoms with van der Waals surface area (Å²) in [6, 6.07) is 5.27. The van der Waals surface area contributed by atoms with Gasteiger partial charge in [0.2, 0.25) is 0 Å². The smallest absolute Gasteiger partial charge is 0.261 e. The van der Waals surface area contributed by atoms with E-state index in [-0.39, 0.29) is 11.1 Å². The van der Waals surface area contributed by atoms with Crippen LogP contribution in [0.15, 0.2) is 23.8 Å². The molecular formula is C14H14F2N2O. The van der Waals surface area contributed by atoms with Gasteiger partial charge in [-0.2, -0.15) is 5.26 Å². The Morgan fingerprint density at radius 1 is 1.47 bits per heavy atom. The zero-order valence-corrected chi connectivity index (χ0v) is 10.5. The average molecular weight is 264 g/mol. The van der Waals surface area contributed by atoms with Gasteiger partial charge in [0.15, 0.2) is 11.6 Å². The molecule has 0 saturated carbocycles. The highest BCUT2D eigenvalue weighted by Gasteiger charge is 2.11. The molecule has 0 saturated heterocycles. The number of hydrogen-bond donors (Lipinski definition) is 1. The number of carbonyl (C=O) groups is 1. The molecule has 0 heterocycles. The summed E-state index contributed by atoms with van der Waals surface area (Å²) in [5, 5.41) is 11.4. The summed E-state index contributed by atoms with van der Waals surface area (Å²) in [6.45, 7) is 2.41. The number of halogens is 2. The Morgan fingerprint density at radius 2 is 2.21 bits per heavy atom. The Balaban J connectivity index is 2.90. The first-order chi connectivity index (χ1) is 9.10. The number of amides is 1. The maximum absolute atomic E-state index is 13.4. The van der Waals surface area contributed by atoms with Gasteiger partial charge in [-0.1, -0.05) is 25.5 Å². The van der Waals surface area contributed by atoms with Gasteiger partial charge in [-0.15, -0.1) is 0 Å². The number of rotatable bonds is 5. The topological polar surface area (TPSA) is 52.9 Å². The van der Waals surface area contributed by atoms with Crippen molar-refractivity contribution in [3.8, 4) is 6.07 Å². The third kappa shape index (κ3) is 4.18. The fraction of sp³-hybridized carbons (Fsp3) is 0.286. The molecule has 0 atom stereocenters. The van der Waals surface area contributed by atoms with E-state index >= 15 is 0 Å². The maximum Gasteiger partial charge on any atom is 0.261 e. The number of carbonyl (C=O) groups excluding carboxylic acids is 1. The molecule has 1 aromatic carbocycles. The highest BCUT2D eigenvalue weighted by Crippen LogP contribution is 2.14. The van der Waals surface area contributed by atoms with Crippen LogP contribution in [0.25, 0.3) is 6.08 Å². The lowest BCUT2D eigenvalue weighted by atomic mass is 10.1. The van der Waals surface area contributed by atoms with E-state index in [0.29, 0.717) is 6.54 Å². The molecule has 1 N–H and O–H groups in total. The summed E-state index contributed by atoms with van der Waals surface area (Å²) >= 11 is 0. The number of nitrogens with zero attached hydrogens (tertiary/aromatic N) is 1. The summed E-state index contributed by atoms with van der Waals surface area (Å²) in [5.74, 6) is -2.67. The molecule has 3 nitrogen and oxygen atoms in total. The van der Waals surface area contributed by atoms with Crippen LogP contribution in [0, 0.1) is 23.0 Å². The van der Waals surface area contributed by atoms with E-state index in [4.69, 9.17) is 5.26 Å². The highest BCUT2D eigenvalue weighted by molar-refractivity contribution is 6.01. The van der Waals surface area contributed by atoms with Crippen molar-refractivity contribution in [1.82, 2.24) is 5.32 Å². The fourth-order valence-corrected chi connectivity index (χ4v) is 1.41. The van der Waals surface area contributed by atoms with E-state index < -0.39 is 17.5 Å². The van der Waals surface area contributed by atoms with Gasteiger partial charge in [0.1, 0.15) is 11.6 Å². The number of hydrogen-bond acceptors (Lipinski definition) is 2. The first kappa shape index (κ1) is 14.8. The van der Waals surface area contributed by atoms with Crippen molar-refractivity contribution in [2.45, 2.75) is 19.8 Å². The van der Waals surface area contributed by atoms with Crippen LogP contribution in [-0.4, -0.2) is 12.5 Å². The third-order valence-electron chi connectivity index (χ3n) is 2.46. The van der Waals surface area contributed by atoms with E-state index in [1.807, 2.05) is 6.92 Å². The number of unbranched alkanes of at least 4 members (excludes halogenated alkanes) is 1. The van der Waals surface area contributed by atoms with Gasteiger partial charge < -0.3 is 5.32 Å². The summed E-state index contributed by atoms with van der Waals surface area (Å²) < 4.78 is 26.4. The van der Waals surface area contributed by atoms with E-state index in [1.165, 1.54) is 12.1 Å². The predicted molar refractivity (Wildman–Crippen MR) is 67.9 cm³/mol. The normalized spacial score (nSPS) is 10.9. The van der Waals surface area contributed by atoms with Crippen molar-refractivity contribution in [2.75, 3.05) is 6.54 Å². The van der Waals surface area contributed by atoms with Crippen molar-refractivity contribution in [3.63, 3.8) is 0 Å². The largest absolute Gasteiger partial charge is 0.351 e. The van der Waals surface area contributed by atoms with E-state index in [9.17, 15) is 13.6 Å². The van der Waals surface area contributed by atoms with Crippen LogP contribution in [0.3, 0.4) is 0 Å².